The summed E-state index contributed by atoms with van der Waals surface area (Å²) in [6, 6.07) is 8.74. The fraction of sp³-hybridized carbons (Fsp3) is 0.421. The zero-order valence-electron chi connectivity index (χ0n) is 15.3. The fourth-order valence-corrected chi connectivity index (χ4v) is 2.51. The topological polar surface area (TPSA) is 64.4 Å². The molecule has 0 bridgehead atoms. The van der Waals surface area contributed by atoms with Gasteiger partial charge in [-0.15, -0.1) is 0 Å². The van der Waals surface area contributed by atoms with Crippen LogP contribution in [0.4, 0.5) is 0 Å². The summed E-state index contributed by atoms with van der Waals surface area (Å²) in [7, 11) is 3.36. The monoisotopic (exact) mass is 343 g/mol. The number of hydrogen-bond acceptors (Lipinski definition) is 4. The van der Waals surface area contributed by atoms with Crippen molar-refractivity contribution in [2.24, 2.45) is 0 Å². The largest absolute Gasteiger partial charge is 0.497 e. The highest BCUT2D eigenvalue weighted by molar-refractivity contribution is 5.76. The smallest absolute Gasteiger partial charge is 0.254 e. The second-order valence-corrected chi connectivity index (χ2v) is 6.04. The van der Waals surface area contributed by atoms with Gasteiger partial charge >= 0.3 is 0 Å². The number of unbranched alkanes of at least 4 members (excludes halogenated alkanes) is 1. The molecule has 0 saturated heterocycles. The number of benzene rings is 1. The standard InChI is InChI=1S/C19H25N3O3/c1-5-6-11-21(3)18(24)13-22-17(23)12-14(2)20-19(22)15-7-9-16(25-4)10-8-15/h7-10,12H,5-6,11,13H2,1-4H3. The van der Waals surface area contributed by atoms with Crippen LogP contribution in [0.1, 0.15) is 25.5 Å². The second-order valence-electron chi connectivity index (χ2n) is 6.04. The van der Waals surface area contributed by atoms with Gasteiger partial charge in [0.25, 0.3) is 5.56 Å². The van der Waals surface area contributed by atoms with E-state index in [0.717, 1.165) is 24.2 Å². The van der Waals surface area contributed by atoms with Crippen LogP contribution in [-0.2, 0) is 11.3 Å². The lowest BCUT2D eigenvalue weighted by Gasteiger charge is -2.19. The van der Waals surface area contributed by atoms with Gasteiger partial charge in [-0.05, 0) is 37.6 Å². The van der Waals surface area contributed by atoms with Crippen molar-refractivity contribution in [2.45, 2.75) is 33.2 Å². The normalized spacial score (nSPS) is 10.6. The molecule has 1 amide bonds. The lowest BCUT2D eigenvalue weighted by molar-refractivity contribution is -0.130. The minimum atomic E-state index is -0.226. The summed E-state index contributed by atoms with van der Waals surface area (Å²) < 4.78 is 6.60. The number of rotatable bonds is 7. The molecule has 0 radical (unpaired) electrons. The van der Waals surface area contributed by atoms with Gasteiger partial charge in [0.05, 0.1) is 7.11 Å². The molecule has 2 aromatic rings. The van der Waals surface area contributed by atoms with Crippen molar-refractivity contribution in [3.8, 4) is 17.1 Å². The van der Waals surface area contributed by atoms with Crippen molar-refractivity contribution in [1.29, 1.82) is 0 Å². The average molecular weight is 343 g/mol. The number of carbonyl (C=O) groups is 1. The number of nitrogens with zero attached hydrogens (tertiary/aromatic N) is 3. The van der Waals surface area contributed by atoms with Gasteiger partial charge in [-0.3, -0.25) is 14.2 Å². The molecule has 0 spiro atoms. The Hall–Kier alpha value is -2.63. The molecular weight excluding hydrogens is 318 g/mol. The molecule has 0 aliphatic heterocycles. The molecule has 1 aromatic heterocycles. The van der Waals surface area contributed by atoms with Crippen LogP contribution in [0.25, 0.3) is 11.4 Å². The average Bonchev–Trinajstić information content (AvgIpc) is 2.61. The van der Waals surface area contributed by atoms with E-state index in [0.29, 0.717) is 18.1 Å². The highest BCUT2D eigenvalue weighted by Gasteiger charge is 2.15. The Morgan fingerprint density at radius 3 is 2.56 bits per heavy atom. The van der Waals surface area contributed by atoms with Crippen LogP contribution in [0.3, 0.4) is 0 Å². The van der Waals surface area contributed by atoms with Gasteiger partial charge in [-0.2, -0.15) is 0 Å². The van der Waals surface area contributed by atoms with Gasteiger partial charge in [0.1, 0.15) is 18.1 Å². The molecule has 0 aliphatic carbocycles. The Kier molecular flexibility index (Phi) is 6.33. The third-order valence-corrected chi connectivity index (χ3v) is 4.05. The third kappa shape index (κ3) is 4.68. The molecule has 0 aliphatic rings. The van der Waals surface area contributed by atoms with Crippen molar-refractivity contribution >= 4 is 5.91 Å². The Labute approximate surface area is 148 Å². The second kappa shape index (κ2) is 8.46. The molecule has 0 saturated carbocycles. The van der Waals surface area contributed by atoms with E-state index in [4.69, 9.17) is 4.74 Å². The van der Waals surface area contributed by atoms with Crippen LogP contribution < -0.4 is 10.3 Å². The van der Waals surface area contributed by atoms with Crippen molar-refractivity contribution < 1.29 is 9.53 Å². The molecule has 6 heteroatoms. The summed E-state index contributed by atoms with van der Waals surface area (Å²) >= 11 is 0. The Morgan fingerprint density at radius 2 is 1.96 bits per heavy atom. The Balaban J connectivity index is 2.36. The Bertz CT molecular complexity index is 781. The zero-order chi connectivity index (χ0) is 18.4. The van der Waals surface area contributed by atoms with Crippen LogP contribution in [0.2, 0.25) is 0 Å². The molecule has 1 heterocycles. The number of likely N-dealkylation sites (N-methyl/N-ethyl adjacent to an activating group) is 1. The molecule has 134 valence electrons. The third-order valence-electron chi connectivity index (χ3n) is 4.05. The summed E-state index contributed by atoms with van der Waals surface area (Å²) in [6.45, 7) is 4.51. The maximum absolute atomic E-state index is 12.5. The van der Waals surface area contributed by atoms with Crippen molar-refractivity contribution in [3.05, 3.63) is 46.4 Å². The number of aromatic nitrogens is 2. The summed E-state index contributed by atoms with van der Waals surface area (Å²) in [5.41, 5.74) is 1.17. The van der Waals surface area contributed by atoms with E-state index in [1.54, 1.807) is 26.0 Å². The first kappa shape index (κ1) is 18.7. The molecule has 6 nitrogen and oxygen atoms in total. The SMILES string of the molecule is CCCCN(C)C(=O)Cn1c(-c2ccc(OC)cc2)nc(C)cc1=O. The maximum atomic E-state index is 12.5. The minimum Gasteiger partial charge on any atom is -0.497 e. The predicted octanol–water partition coefficient (Wildman–Crippen LogP) is 2.49. The van der Waals surface area contributed by atoms with E-state index in [9.17, 15) is 9.59 Å². The molecule has 0 atom stereocenters. The van der Waals surface area contributed by atoms with Crippen LogP contribution >= 0.6 is 0 Å². The van der Waals surface area contributed by atoms with E-state index in [2.05, 4.69) is 11.9 Å². The van der Waals surface area contributed by atoms with Crippen LogP contribution in [0.5, 0.6) is 5.75 Å². The summed E-state index contributed by atoms with van der Waals surface area (Å²) in [4.78, 5) is 31.1. The lowest BCUT2D eigenvalue weighted by atomic mass is 10.2. The highest BCUT2D eigenvalue weighted by atomic mass is 16.5. The Morgan fingerprint density at radius 1 is 1.28 bits per heavy atom. The van der Waals surface area contributed by atoms with Crippen LogP contribution in [0, 0.1) is 6.92 Å². The fourth-order valence-electron chi connectivity index (χ4n) is 2.51. The summed E-state index contributed by atoms with van der Waals surface area (Å²) in [5, 5.41) is 0. The van der Waals surface area contributed by atoms with Crippen molar-refractivity contribution in [1.82, 2.24) is 14.5 Å². The van der Waals surface area contributed by atoms with E-state index in [1.807, 2.05) is 24.3 Å². The molecule has 0 unspecified atom stereocenters. The first-order chi connectivity index (χ1) is 12.0. The number of amides is 1. The van der Waals surface area contributed by atoms with E-state index in [1.165, 1.54) is 10.6 Å². The quantitative estimate of drug-likeness (QED) is 0.775. The number of ether oxygens (including phenoxy) is 1. The summed E-state index contributed by atoms with van der Waals surface area (Å²) in [6.07, 6.45) is 1.95. The van der Waals surface area contributed by atoms with E-state index < -0.39 is 0 Å². The van der Waals surface area contributed by atoms with Crippen molar-refractivity contribution in [2.75, 3.05) is 20.7 Å². The van der Waals surface area contributed by atoms with Gasteiger partial charge < -0.3 is 9.64 Å². The molecule has 0 fully saturated rings. The zero-order valence-corrected chi connectivity index (χ0v) is 15.3. The number of carbonyl (C=O) groups excluding carboxylic acids is 1. The van der Waals surface area contributed by atoms with Gasteiger partial charge in [-0.25, -0.2) is 4.98 Å². The molecular formula is C19H25N3O3. The molecule has 1 aromatic carbocycles. The summed E-state index contributed by atoms with van der Waals surface area (Å²) in [5.74, 6) is 1.11. The van der Waals surface area contributed by atoms with Crippen LogP contribution in [-0.4, -0.2) is 41.1 Å². The van der Waals surface area contributed by atoms with Crippen molar-refractivity contribution in [3.63, 3.8) is 0 Å². The van der Waals surface area contributed by atoms with Crippen LogP contribution in [0.15, 0.2) is 35.1 Å². The highest BCUT2D eigenvalue weighted by Crippen LogP contribution is 2.20. The van der Waals surface area contributed by atoms with Gasteiger partial charge in [0, 0.05) is 30.9 Å². The van der Waals surface area contributed by atoms with Gasteiger partial charge in [-0.1, -0.05) is 13.3 Å². The first-order valence-electron chi connectivity index (χ1n) is 8.43. The maximum Gasteiger partial charge on any atom is 0.254 e. The minimum absolute atomic E-state index is 0.0201. The number of aryl methyl sites for hydroxylation is 1. The predicted molar refractivity (Wildman–Crippen MR) is 97.8 cm³/mol. The molecule has 25 heavy (non-hydrogen) atoms. The lowest BCUT2D eigenvalue weighted by Crippen LogP contribution is -2.35. The first-order valence-corrected chi connectivity index (χ1v) is 8.43. The number of methoxy groups -OCH3 is 1. The number of hydrogen-bond donors (Lipinski definition) is 0. The molecule has 2 rings (SSSR count). The van der Waals surface area contributed by atoms with Gasteiger partial charge in [0.15, 0.2) is 0 Å². The van der Waals surface area contributed by atoms with E-state index >= 15 is 0 Å². The molecule has 0 N–H and O–H groups in total. The van der Waals surface area contributed by atoms with Gasteiger partial charge in [0.2, 0.25) is 5.91 Å². The van der Waals surface area contributed by atoms with E-state index in [-0.39, 0.29) is 18.0 Å².